The molecule has 0 spiro atoms. The van der Waals surface area contributed by atoms with E-state index in [2.05, 4.69) is 19.9 Å². The van der Waals surface area contributed by atoms with E-state index in [0.717, 1.165) is 5.82 Å². The Morgan fingerprint density at radius 2 is 1.77 bits per heavy atom. The second-order valence-electron chi connectivity index (χ2n) is 10.7. The van der Waals surface area contributed by atoms with Crippen molar-refractivity contribution in [2.75, 3.05) is 32.4 Å². The zero-order valence-electron chi connectivity index (χ0n) is 22.5. The van der Waals surface area contributed by atoms with Crippen LogP contribution in [0.5, 0.6) is 0 Å². The summed E-state index contributed by atoms with van der Waals surface area (Å²) in [5, 5.41) is 0. The molecule has 0 bridgehead atoms. The van der Waals surface area contributed by atoms with E-state index in [9.17, 15) is 9.59 Å². The Morgan fingerprint density at radius 1 is 1.08 bits per heavy atom. The highest BCUT2D eigenvalue weighted by atomic mass is 16.8. The van der Waals surface area contributed by atoms with E-state index in [1.165, 1.54) is 11.2 Å². The van der Waals surface area contributed by atoms with E-state index < -0.39 is 12.0 Å². The molecule has 2 N–H and O–H groups in total. The molecule has 12 nitrogen and oxygen atoms in total. The summed E-state index contributed by atoms with van der Waals surface area (Å²) in [6, 6.07) is 6.95. The number of imidazole rings is 1. The fourth-order valence-corrected chi connectivity index (χ4v) is 5.84. The number of amides is 2. The van der Waals surface area contributed by atoms with Gasteiger partial charge in [-0.3, -0.25) is 19.1 Å². The summed E-state index contributed by atoms with van der Waals surface area (Å²) in [5.74, 6) is -0.127. The van der Waals surface area contributed by atoms with Crippen LogP contribution in [0.15, 0.2) is 30.6 Å². The van der Waals surface area contributed by atoms with Crippen LogP contribution in [-0.2, 0) is 20.6 Å². The Morgan fingerprint density at radius 3 is 2.46 bits per heavy atom. The second-order valence-corrected chi connectivity index (χ2v) is 10.7. The molecule has 5 heterocycles. The predicted molar refractivity (Wildman–Crippen MR) is 141 cm³/mol. The maximum atomic E-state index is 12.7. The molecule has 0 unspecified atom stereocenters. The SMILES string of the molecule is CCc1nc2c(N)ncnc2n1[C@@H]1O[C@H](CN(C)CCCN2C(=O)c3ccccc3C2=O)[C@H]2OC(C)(C)O[C@H]21. The van der Waals surface area contributed by atoms with Crippen molar-refractivity contribution in [3.05, 3.63) is 47.5 Å². The number of carbonyl (C=O) groups is 2. The van der Waals surface area contributed by atoms with Crippen LogP contribution in [0, 0.1) is 0 Å². The fourth-order valence-electron chi connectivity index (χ4n) is 5.84. The van der Waals surface area contributed by atoms with Gasteiger partial charge >= 0.3 is 0 Å². The van der Waals surface area contributed by atoms with Gasteiger partial charge in [0.15, 0.2) is 29.0 Å². The number of fused-ring (bicyclic) bond motifs is 3. The number of carbonyl (C=O) groups excluding carboxylic acids is 2. The van der Waals surface area contributed by atoms with Gasteiger partial charge in [0.05, 0.1) is 11.1 Å². The van der Waals surface area contributed by atoms with Crippen molar-refractivity contribution in [3.8, 4) is 0 Å². The number of aromatic nitrogens is 4. The number of aryl methyl sites for hydroxylation is 1. The van der Waals surface area contributed by atoms with E-state index in [4.69, 9.17) is 19.9 Å². The number of anilines is 1. The van der Waals surface area contributed by atoms with Crippen molar-refractivity contribution in [3.63, 3.8) is 0 Å². The largest absolute Gasteiger partial charge is 0.382 e. The Hall–Kier alpha value is -3.45. The van der Waals surface area contributed by atoms with E-state index in [0.29, 0.717) is 60.6 Å². The summed E-state index contributed by atoms with van der Waals surface area (Å²) in [4.78, 5) is 42.0. The number of nitrogen functional groups attached to an aromatic ring is 1. The third-order valence-corrected chi connectivity index (χ3v) is 7.57. The Kier molecular flexibility index (Phi) is 6.37. The van der Waals surface area contributed by atoms with Crippen LogP contribution < -0.4 is 5.73 Å². The van der Waals surface area contributed by atoms with Crippen molar-refractivity contribution >= 4 is 28.8 Å². The van der Waals surface area contributed by atoms with Gasteiger partial charge in [0.25, 0.3) is 11.8 Å². The van der Waals surface area contributed by atoms with Gasteiger partial charge in [-0.1, -0.05) is 19.1 Å². The molecule has 2 amide bonds. The number of benzene rings is 1. The third kappa shape index (κ3) is 4.37. The van der Waals surface area contributed by atoms with Crippen LogP contribution in [0.25, 0.3) is 11.2 Å². The molecule has 1 aromatic carbocycles. The number of likely N-dealkylation sites (N-methyl/N-ethyl adjacent to an activating group) is 1. The first kappa shape index (κ1) is 25.8. The molecular formula is C27H33N7O5. The molecule has 6 rings (SSSR count). The molecule has 39 heavy (non-hydrogen) atoms. The fraction of sp³-hybridized carbons (Fsp3) is 0.519. The van der Waals surface area contributed by atoms with Gasteiger partial charge in [-0.15, -0.1) is 0 Å². The van der Waals surface area contributed by atoms with Crippen LogP contribution in [-0.4, -0.2) is 91.9 Å². The lowest BCUT2D eigenvalue weighted by atomic mass is 10.1. The minimum Gasteiger partial charge on any atom is -0.382 e. The standard InChI is InChI=1S/C27H33N7O5/c1-5-18-31-19-22(28)29-14-30-23(19)34(18)26-21-20(38-27(2,3)39-21)17(37-26)13-32(4)11-8-12-33-24(35)15-9-6-7-10-16(15)25(33)36/h6-7,9-10,14,17,20-21,26H,5,8,11-13H2,1-4H3,(H2,28,29,30)/t17-,20-,21-,26-/m1/s1. The zero-order valence-corrected chi connectivity index (χ0v) is 22.5. The van der Waals surface area contributed by atoms with Crippen LogP contribution in [0.3, 0.4) is 0 Å². The van der Waals surface area contributed by atoms with Gasteiger partial charge < -0.3 is 24.8 Å². The van der Waals surface area contributed by atoms with Crippen molar-refractivity contribution in [2.24, 2.45) is 0 Å². The summed E-state index contributed by atoms with van der Waals surface area (Å²) in [5.41, 5.74) is 8.18. The molecule has 3 aromatic rings. The van der Waals surface area contributed by atoms with Crippen molar-refractivity contribution in [2.45, 2.75) is 63.9 Å². The van der Waals surface area contributed by atoms with Crippen LogP contribution in [0.2, 0.25) is 0 Å². The monoisotopic (exact) mass is 535 g/mol. The highest BCUT2D eigenvalue weighted by molar-refractivity contribution is 6.21. The summed E-state index contributed by atoms with van der Waals surface area (Å²) in [7, 11) is 1.99. The van der Waals surface area contributed by atoms with Gasteiger partial charge in [0.1, 0.15) is 30.5 Å². The van der Waals surface area contributed by atoms with E-state index in [1.54, 1.807) is 24.3 Å². The Bertz CT molecular complexity index is 1400. The number of ether oxygens (including phenoxy) is 3. The molecule has 2 saturated heterocycles. The van der Waals surface area contributed by atoms with Gasteiger partial charge in [-0.2, -0.15) is 0 Å². The van der Waals surface area contributed by atoms with Crippen LogP contribution >= 0.6 is 0 Å². The Balaban J connectivity index is 1.15. The number of nitrogens with two attached hydrogens (primary N) is 1. The van der Waals surface area contributed by atoms with Crippen LogP contribution in [0.1, 0.15) is 60.0 Å². The first-order valence-electron chi connectivity index (χ1n) is 13.3. The first-order valence-corrected chi connectivity index (χ1v) is 13.3. The van der Waals surface area contributed by atoms with Gasteiger partial charge in [0, 0.05) is 19.5 Å². The molecule has 2 aromatic heterocycles. The maximum Gasteiger partial charge on any atom is 0.261 e. The lowest BCUT2D eigenvalue weighted by Crippen LogP contribution is -2.39. The van der Waals surface area contributed by atoms with Crippen molar-refractivity contribution in [1.82, 2.24) is 29.3 Å². The smallest absolute Gasteiger partial charge is 0.261 e. The average Bonchev–Trinajstić information content (AvgIpc) is 3.60. The summed E-state index contributed by atoms with van der Waals surface area (Å²) < 4.78 is 21.2. The second kappa shape index (κ2) is 9.63. The number of rotatable bonds is 8. The highest BCUT2D eigenvalue weighted by Crippen LogP contribution is 2.44. The molecule has 4 atom stereocenters. The summed E-state index contributed by atoms with van der Waals surface area (Å²) in [6.45, 7) is 7.41. The molecule has 0 aliphatic carbocycles. The molecule has 0 saturated carbocycles. The number of hydrogen-bond donors (Lipinski definition) is 1. The van der Waals surface area contributed by atoms with E-state index in [-0.39, 0.29) is 30.1 Å². The summed E-state index contributed by atoms with van der Waals surface area (Å²) >= 11 is 0. The van der Waals surface area contributed by atoms with Crippen molar-refractivity contribution in [1.29, 1.82) is 0 Å². The number of imide groups is 1. The summed E-state index contributed by atoms with van der Waals surface area (Å²) in [6.07, 6.45) is 1.27. The number of hydrogen-bond acceptors (Lipinski definition) is 10. The maximum absolute atomic E-state index is 12.7. The quantitative estimate of drug-likeness (QED) is 0.426. The molecule has 3 aliphatic heterocycles. The highest BCUT2D eigenvalue weighted by Gasteiger charge is 2.56. The van der Waals surface area contributed by atoms with Gasteiger partial charge in [-0.25, -0.2) is 15.0 Å². The molecule has 206 valence electrons. The number of nitrogens with zero attached hydrogens (tertiary/aromatic N) is 6. The Labute approximate surface area is 226 Å². The molecule has 0 radical (unpaired) electrons. The zero-order chi connectivity index (χ0) is 27.5. The van der Waals surface area contributed by atoms with Gasteiger partial charge in [0.2, 0.25) is 0 Å². The first-order chi connectivity index (χ1) is 18.7. The molecular weight excluding hydrogens is 502 g/mol. The third-order valence-electron chi connectivity index (χ3n) is 7.57. The topological polar surface area (TPSA) is 138 Å². The minimum absolute atomic E-state index is 0.231. The minimum atomic E-state index is -0.767. The van der Waals surface area contributed by atoms with E-state index >= 15 is 0 Å². The van der Waals surface area contributed by atoms with Crippen LogP contribution in [0.4, 0.5) is 5.82 Å². The lowest BCUT2D eigenvalue weighted by Gasteiger charge is -2.27. The normalized spacial score (nSPS) is 25.7. The van der Waals surface area contributed by atoms with Gasteiger partial charge in [-0.05, 0) is 46.0 Å². The van der Waals surface area contributed by atoms with Crippen molar-refractivity contribution < 1.29 is 23.8 Å². The molecule has 12 heteroatoms. The average molecular weight is 536 g/mol. The molecule has 3 aliphatic rings. The molecule has 2 fully saturated rings. The van der Waals surface area contributed by atoms with E-state index in [1.807, 2.05) is 32.4 Å². The predicted octanol–water partition coefficient (Wildman–Crippen LogP) is 2.01. The lowest BCUT2D eigenvalue weighted by molar-refractivity contribution is -0.197.